The number of halogens is 3. The zero-order valence-corrected chi connectivity index (χ0v) is 21.0. The van der Waals surface area contributed by atoms with Crippen LogP contribution in [0, 0.1) is 17.6 Å². The molecule has 0 radical (unpaired) electrons. The Kier molecular flexibility index (Phi) is 6.36. The van der Waals surface area contributed by atoms with E-state index in [4.69, 9.17) is 4.42 Å². The standard InChI is InChI=1S/C21H15I3O3/c1-4-6-7-11(5-2)15-12-8-10(3)18(25)16(23)20(12)27-21-13(15)9-14(22)19(26)17(21)24/h4-9,25H,2H2,1,3H3/b6-4-,11-7+. The van der Waals surface area contributed by atoms with E-state index >= 15 is 0 Å². The maximum Gasteiger partial charge on any atom is 0.209 e. The Morgan fingerprint density at radius 2 is 1.93 bits per heavy atom. The molecule has 138 valence electrons. The van der Waals surface area contributed by atoms with Gasteiger partial charge < -0.3 is 9.52 Å². The molecule has 0 atom stereocenters. The van der Waals surface area contributed by atoms with Gasteiger partial charge in [-0.2, -0.15) is 0 Å². The summed E-state index contributed by atoms with van der Waals surface area (Å²) in [5.41, 5.74) is 3.99. The highest BCUT2D eigenvalue weighted by Crippen LogP contribution is 2.43. The van der Waals surface area contributed by atoms with E-state index in [0.29, 0.717) is 22.1 Å². The number of benzene rings is 2. The lowest BCUT2D eigenvalue weighted by atomic mass is 9.92. The van der Waals surface area contributed by atoms with E-state index < -0.39 is 0 Å². The molecule has 1 heterocycles. The van der Waals surface area contributed by atoms with E-state index in [9.17, 15) is 9.90 Å². The average Bonchev–Trinajstić information content (AvgIpc) is 2.65. The van der Waals surface area contributed by atoms with E-state index in [2.05, 4.69) is 51.8 Å². The SMILES string of the molecule is C=C/C(=C\C=C/C)c1c2cc(I)c(=O)c(I)c-2oc2c(I)c(O)c(C)cc12. The van der Waals surface area contributed by atoms with Crippen molar-refractivity contribution in [2.24, 2.45) is 0 Å². The van der Waals surface area contributed by atoms with Crippen molar-refractivity contribution in [1.29, 1.82) is 0 Å². The third-order valence-corrected chi connectivity index (χ3v) is 7.02. The summed E-state index contributed by atoms with van der Waals surface area (Å²) >= 11 is 6.18. The highest BCUT2D eigenvalue weighted by Gasteiger charge is 2.25. The molecule has 1 aromatic carbocycles. The molecule has 1 aliphatic carbocycles. The normalized spacial score (nSPS) is 12.4. The zero-order chi connectivity index (χ0) is 19.9. The monoisotopic (exact) mass is 696 g/mol. The van der Waals surface area contributed by atoms with Crippen LogP contribution in [0.4, 0.5) is 0 Å². The number of hydrogen-bond acceptors (Lipinski definition) is 3. The number of aromatic hydroxyl groups is 1. The van der Waals surface area contributed by atoms with Crippen LogP contribution < -0.4 is 5.43 Å². The molecule has 0 fully saturated rings. The molecule has 3 nitrogen and oxygen atoms in total. The Bertz CT molecular complexity index is 1170. The van der Waals surface area contributed by atoms with Crippen molar-refractivity contribution in [3.8, 4) is 17.1 Å². The Hall–Kier alpha value is -0.880. The highest BCUT2D eigenvalue weighted by atomic mass is 127. The first-order chi connectivity index (χ1) is 12.8. The molecule has 27 heavy (non-hydrogen) atoms. The lowest BCUT2D eigenvalue weighted by molar-refractivity contribution is 0.466. The molecule has 2 aliphatic rings. The van der Waals surface area contributed by atoms with Gasteiger partial charge in [-0.05, 0) is 105 Å². The smallest absolute Gasteiger partial charge is 0.209 e. The minimum Gasteiger partial charge on any atom is -0.506 e. The van der Waals surface area contributed by atoms with Gasteiger partial charge in [-0.25, -0.2) is 0 Å². The summed E-state index contributed by atoms with van der Waals surface area (Å²) in [5.74, 6) is 0.718. The third-order valence-electron chi connectivity index (χ3n) is 4.24. The molecule has 0 unspecified atom stereocenters. The number of allylic oxidation sites excluding steroid dienone is 5. The summed E-state index contributed by atoms with van der Waals surface area (Å²) in [7, 11) is 0. The van der Waals surface area contributed by atoms with Crippen LogP contribution in [0.2, 0.25) is 0 Å². The fraction of sp³-hybridized carbons (Fsp3) is 0.0952. The second-order valence-electron chi connectivity index (χ2n) is 5.94. The fourth-order valence-corrected chi connectivity index (χ4v) is 5.53. The van der Waals surface area contributed by atoms with Crippen molar-refractivity contribution in [3.05, 3.63) is 75.1 Å². The summed E-state index contributed by atoms with van der Waals surface area (Å²) in [6.45, 7) is 7.80. The van der Waals surface area contributed by atoms with E-state index in [-0.39, 0.29) is 11.2 Å². The van der Waals surface area contributed by atoms with Crippen molar-refractivity contribution in [2.45, 2.75) is 13.8 Å². The summed E-state index contributed by atoms with van der Waals surface area (Å²) in [6, 6.07) is 3.78. The topological polar surface area (TPSA) is 50.4 Å². The molecule has 0 bridgehead atoms. The largest absolute Gasteiger partial charge is 0.506 e. The molecule has 6 heteroatoms. The van der Waals surface area contributed by atoms with Gasteiger partial charge in [-0.3, -0.25) is 4.79 Å². The van der Waals surface area contributed by atoms with Gasteiger partial charge in [0.05, 0.1) is 7.14 Å². The van der Waals surface area contributed by atoms with Gasteiger partial charge in [-0.15, -0.1) is 0 Å². The van der Waals surface area contributed by atoms with Crippen LogP contribution in [0.25, 0.3) is 27.9 Å². The zero-order valence-electron chi connectivity index (χ0n) is 14.6. The highest BCUT2D eigenvalue weighted by molar-refractivity contribution is 14.1. The molecular formula is C21H15I3O3. The Morgan fingerprint density at radius 3 is 2.56 bits per heavy atom. The lowest BCUT2D eigenvalue weighted by Gasteiger charge is -2.19. The quantitative estimate of drug-likeness (QED) is 0.185. The number of phenolic OH excluding ortho intramolecular Hbond substituents is 1. The molecule has 0 amide bonds. The van der Waals surface area contributed by atoms with Gasteiger partial charge in [-0.1, -0.05) is 30.9 Å². The van der Waals surface area contributed by atoms with Gasteiger partial charge in [0, 0.05) is 16.5 Å². The van der Waals surface area contributed by atoms with Crippen LogP contribution in [-0.2, 0) is 0 Å². The average molecular weight is 696 g/mol. The van der Waals surface area contributed by atoms with Crippen LogP contribution in [-0.4, -0.2) is 5.11 Å². The molecular weight excluding hydrogens is 681 g/mol. The second-order valence-corrected chi connectivity index (χ2v) is 9.26. The lowest BCUT2D eigenvalue weighted by Crippen LogP contribution is -2.12. The molecule has 0 spiro atoms. The molecule has 1 aliphatic heterocycles. The number of hydrogen-bond donors (Lipinski definition) is 1. The number of aryl methyl sites for hydroxylation is 1. The van der Waals surface area contributed by atoms with Crippen LogP contribution in [0.1, 0.15) is 18.1 Å². The van der Waals surface area contributed by atoms with Crippen molar-refractivity contribution in [1.82, 2.24) is 0 Å². The molecule has 0 saturated heterocycles. The number of rotatable bonds is 3. The molecule has 0 aromatic heterocycles. The molecule has 1 aromatic rings. The van der Waals surface area contributed by atoms with E-state index in [1.54, 1.807) is 6.08 Å². The van der Waals surface area contributed by atoms with Crippen molar-refractivity contribution >= 4 is 84.3 Å². The van der Waals surface area contributed by atoms with Crippen LogP contribution in [0.3, 0.4) is 0 Å². The van der Waals surface area contributed by atoms with Gasteiger partial charge in [0.15, 0.2) is 11.3 Å². The Morgan fingerprint density at radius 1 is 1.22 bits per heavy atom. The summed E-state index contributed by atoms with van der Waals surface area (Å²) in [5, 5.41) is 11.3. The maximum atomic E-state index is 12.5. The van der Waals surface area contributed by atoms with Gasteiger partial charge in [0.1, 0.15) is 9.32 Å². The Labute approximate surface area is 198 Å². The second kappa shape index (κ2) is 8.24. The first-order valence-corrected chi connectivity index (χ1v) is 11.3. The summed E-state index contributed by atoms with van der Waals surface area (Å²) in [6.07, 6.45) is 7.69. The molecule has 0 saturated carbocycles. The first-order valence-electron chi connectivity index (χ1n) is 8.04. The van der Waals surface area contributed by atoms with Gasteiger partial charge in [0.25, 0.3) is 0 Å². The first kappa shape index (κ1) is 20.8. The van der Waals surface area contributed by atoms with Crippen LogP contribution >= 0.6 is 67.8 Å². The van der Waals surface area contributed by atoms with Crippen molar-refractivity contribution < 1.29 is 9.52 Å². The third kappa shape index (κ3) is 3.59. The number of fused-ring (bicyclic) bond motifs is 2. The van der Waals surface area contributed by atoms with Gasteiger partial charge >= 0.3 is 0 Å². The van der Waals surface area contributed by atoms with Crippen molar-refractivity contribution in [2.75, 3.05) is 0 Å². The van der Waals surface area contributed by atoms with E-state index in [0.717, 1.165) is 27.6 Å². The molecule has 1 N–H and O–H groups in total. The van der Waals surface area contributed by atoms with Crippen molar-refractivity contribution in [3.63, 3.8) is 0 Å². The van der Waals surface area contributed by atoms with Crippen LogP contribution in [0.5, 0.6) is 5.75 Å². The van der Waals surface area contributed by atoms with Crippen LogP contribution in [0.15, 0.2) is 52.2 Å². The predicted octanol–water partition coefficient (Wildman–Crippen LogP) is 6.87. The summed E-state index contributed by atoms with van der Waals surface area (Å²) < 4.78 is 7.96. The fourth-order valence-electron chi connectivity index (χ4n) is 2.92. The minimum absolute atomic E-state index is 0.0540. The summed E-state index contributed by atoms with van der Waals surface area (Å²) in [4.78, 5) is 12.5. The van der Waals surface area contributed by atoms with Gasteiger partial charge in [0.2, 0.25) is 5.43 Å². The Balaban J connectivity index is 2.67. The molecule has 3 rings (SSSR count). The van der Waals surface area contributed by atoms with E-state index in [1.165, 1.54) is 0 Å². The predicted molar refractivity (Wildman–Crippen MR) is 137 cm³/mol. The van der Waals surface area contributed by atoms with E-state index in [1.807, 2.05) is 66.8 Å². The minimum atomic E-state index is -0.0540. The number of phenols is 1. The maximum absolute atomic E-state index is 12.5.